The maximum atomic E-state index is 11.1. The van der Waals surface area contributed by atoms with Crippen molar-refractivity contribution in [3.05, 3.63) is 28.8 Å². The van der Waals surface area contributed by atoms with Gasteiger partial charge in [-0.3, -0.25) is 9.69 Å². The first-order valence-corrected chi connectivity index (χ1v) is 7.27. The van der Waals surface area contributed by atoms with Crippen LogP contribution in [0.1, 0.15) is 30.6 Å². The fraction of sp³-hybridized carbons (Fsp3) is 0.533. The fourth-order valence-corrected chi connectivity index (χ4v) is 2.72. The molecule has 0 aromatic heterocycles. The van der Waals surface area contributed by atoms with Crippen LogP contribution >= 0.6 is 11.6 Å². The lowest BCUT2D eigenvalue weighted by Crippen LogP contribution is -2.49. The molecule has 0 radical (unpaired) electrons. The Bertz CT molecular complexity index is 442. The molecule has 0 saturated carbocycles. The molecule has 2 rings (SSSR count). The number of hydrogen-bond donors (Lipinski definition) is 0. The molecule has 1 aliphatic heterocycles. The van der Waals surface area contributed by atoms with Crippen molar-refractivity contribution in [2.24, 2.45) is 0 Å². The lowest BCUT2D eigenvalue weighted by atomic mass is 10.1. The largest absolute Gasteiger partial charge is 0.368 e. The minimum atomic E-state index is 0.632. The van der Waals surface area contributed by atoms with E-state index in [9.17, 15) is 4.79 Å². The topological polar surface area (TPSA) is 23.6 Å². The summed E-state index contributed by atoms with van der Waals surface area (Å²) in [4.78, 5) is 15.9. The number of aldehydes is 1. The van der Waals surface area contributed by atoms with E-state index in [1.54, 1.807) is 12.1 Å². The fourth-order valence-electron chi connectivity index (χ4n) is 2.55. The molecule has 4 heteroatoms. The van der Waals surface area contributed by atoms with E-state index in [0.717, 1.165) is 43.7 Å². The minimum absolute atomic E-state index is 0.632. The van der Waals surface area contributed by atoms with Crippen LogP contribution in [-0.2, 0) is 0 Å². The van der Waals surface area contributed by atoms with Crippen LogP contribution in [0.15, 0.2) is 18.2 Å². The maximum Gasteiger partial charge on any atom is 0.152 e. The molecule has 1 atom stereocenters. The first-order chi connectivity index (χ1) is 9.15. The molecule has 3 nitrogen and oxygen atoms in total. The van der Waals surface area contributed by atoms with Crippen LogP contribution in [0, 0.1) is 0 Å². The van der Waals surface area contributed by atoms with Gasteiger partial charge in [0.1, 0.15) is 0 Å². The minimum Gasteiger partial charge on any atom is -0.368 e. The van der Waals surface area contributed by atoms with Gasteiger partial charge >= 0.3 is 0 Å². The van der Waals surface area contributed by atoms with Crippen molar-refractivity contribution < 1.29 is 4.79 Å². The number of anilines is 1. The molecule has 0 bridgehead atoms. The summed E-state index contributed by atoms with van der Waals surface area (Å²) in [6, 6.07) is 6.09. The molecule has 0 amide bonds. The van der Waals surface area contributed by atoms with Crippen molar-refractivity contribution in [2.75, 3.05) is 31.1 Å². The van der Waals surface area contributed by atoms with E-state index in [-0.39, 0.29) is 0 Å². The SMILES string of the molecule is CCC(C)N1CCN(c2cc(Cl)ccc2C=O)CC1. The second-order valence-corrected chi connectivity index (χ2v) is 5.54. The molecule has 0 N–H and O–H groups in total. The lowest BCUT2D eigenvalue weighted by Gasteiger charge is -2.39. The number of rotatable bonds is 4. The Labute approximate surface area is 120 Å². The van der Waals surface area contributed by atoms with Gasteiger partial charge in [0.15, 0.2) is 6.29 Å². The van der Waals surface area contributed by atoms with E-state index in [4.69, 9.17) is 11.6 Å². The van der Waals surface area contributed by atoms with E-state index in [2.05, 4.69) is 23.6 Å². The van der Waals surface area contributed by atoms with Crippen molar-refractivity contribution in [1.82, 2.24) is 4.90 Å². The number of piperazine rings is 1. The molecule has 1 aromatic carbocycles. The maximum absolute atomic E-state index is 11.1. The Morgan fingerprint density at radius 1 is 1.32 bits per heavy atom. The zero-order valence-electron chi connectivity index (χ0n) is 11.6. The quantitative estimate of drug-likeness (QED) is 0.792. The van der Waals surface area contributed by atoms with Gasteiger partial charge in [0, 0.05) is 48.5 Å². The number of halogens is 1. The van der Waals surface area contributed by atoms with Gasteiger partial charge in [0.05, 0.1) is 0 Å². The average Bonchev–Trinajstić information content (AvgIpc) is 2.46. The zero-order chi connectivity index (χ0) is 13.8. The number of hydrogen-bond acceptors (Lipinski definition) is 3. The number of carbonyl (C=O) groups is 1. The van der Waals surface area contributed by atoms with Gasteiger partial charge in [-0.1, -0.05) is 18.5 Å². The number of benzene rings is 1. The van der Waals surface area contributed by atoms with E-state index in [0.29, 0.717) is 11.1 Å². The molecule has 1 aliphatic rings. The van der Waals surface area contributed by atoms with Crippen molar-refractivity contribution in [2.45, 2.75) is 26.3 Å². The molecule has 19 heavy (non-hydrogen) atoms. The summed E-state index contributed by atoms with van der Waals surface area (Å²) in [5.74, 6) is 0. The highest BCUT2D eigenvalue weighted by Gasteiger charge is 2.21. The summed E-state index contributed by atoms with van der Waals surface area (Å²) in [5, 5.41) is 0.685. The standard InChI is InChI=1S/C15H21ClN2O/c1-3-12(2)17-6-8-18(9-7-17)15-10-14(16)5-4-13(15)11-19/h4-5,10-12H,3,6-9H2,1-2H3. The van der Waals surface area contributed by atoms with Gasteiger partial charge in [-0.2, -0.15) is 0 Å². The third kappa shape index (κ3) is 3.28. The molecule has 1 heterocycles. The molecule has 1 aromatic rings. The van der Waals surface area contributed by atoms with Crippen molar-refractivity contribution >= 4 is 23.6 Å². The summed E-state index contributed by atoms with van der Waals surface area (Å²) in [7, 11) is 0. The third-order valence-corrected chi connectivity index (χ3v) is 4.22. The van der Waals surface area contributed by atoms with Crippen LogP contribution in [0.5, 0.6) is 0 Å². The monoisotopic (exact) mass is 280 g/mol. The highest BCUT2D eigenvalue weighted by Crippen LogP contribution is 2.25. The molecule has 1 unspecified atom stereocenters. The van der Waals surface area contributed by atoms with Gasteiger partial charge in [-0.15, -0.1) is 0 Å². The predicted octanol–water partition coefficient (Wildman–Crippen LogP) is 3.07. The Kier molecular flexibility index (Phi) is 4.83. The normalized spacial score (nSPS) is 18.4. The summed E-state index contributed by atoms with van der Waals surface area (Å²) >= 11 is 6.04. The van der Waals surface area contributed by atoms with Gasteiger partial charge in [0.25, 0.3) is 0 Å². The summed E-state index contributed by atoms with van der Waals surface area (Å²) in [5.41, 5.74) is 1.69. The predicted molar refractivity (Wildman–Crippen MR) is 80.4 cm³/mol. The van der Waals surface area contributed by atoms with Crippen molar-refractivity contribution in [3.8, 4) is 0 Å². The van der Waals surface area contributed by atoms with E-state index < -0.39 is 0 Å². The number of nitrogens with zero attached hydrogens (tertiary/aromatic N) is 2. The summed E-state index contributed by atoms with van der Waals surface area (Å²) in [6.45, 7) is 8.47. The molecule has 1 fully saturated rings. The Morgan fingerprint density at radius 3 is 2.58 bits per heavy atom. The Balaban J connectivity index is 2.09. The van der Waals surface area contributed by atoms with Crippen LogP contribution in [0.25, 0.3) is 0 Å². The van der Waals surface area contributed by atoms with Gasteiger partial charge in [0.2, 0.25) is 0 Å². The van der Waals surface area contributed by atoms with Gasteiger partial charge < -0.3 is 4.90 Å². The van der Waals surface area contributed by atoms with Gasteiger partial charge in [-0.05, 0) is 31.5 Å². The second kappa shape index (κ2) is 6.40. The lowest BCUT2D eigenvalue weighted by molar-refractivity contribution is 0.112. The van der Waals surface area contributed by atoms with Crippen LogP contribution in [0.3, 0.4) is 0 Å². The molecule has 0 spiro atoms. The van der Waals surface area contributed by atoms with E-state index >= 15 is 0 Å². The van der Waals surface area contributed by atoms with Crippen LogP contribution in [0.2, 0.25) is 5.02 Å². The molecular formula is C15H21ClN2O. The second-order valence-electron chi connectivity index (χ2n) is 5.10. The highest BCUT2D eigenvalue weighted by molar-refractivity contribution is 6.31. The Morgan fingerprint density at radius 2 is 2.00 bits per heavy atom. The smallest absolute Gasteiger partial charge is 0.152 e. The first kappa shape index (κ1) is 14.4. The average molecular weight is 281 g/mol. The molecule has 1 saturated heterocycles. The summed E-state index contributed by atoms with van der Waals surface area (Å²) in [6.07, 6.45) is 2.09. The van der Waals surface area contributed by atoms with E-state index in [1.807, 2.05) is 6.07 Å². The van der Waals surface area contributed by atoms with Crippen molar-refractivity contribution in [1.29, 1.82) is 0 Å². The first-order valence-electron chi connectivity index (χ1n) is 6.89. The Hall–Kier alpha value is -1.06. The van der Waals surface area contributed by atoms with Crippen LogP contribution < -0.4 is 4.90 Å². The van der Waals surface area contributed by atoms with Crippen LogP contribution in [-0.4, -0.2) is 43.4 Å². The molecular weight excluding hydrogens is 260 g/mol. The highest BCUT2D eigenvalue weighted by atomic mass is 35.5. The van der Waals surface area contributed by atoms with Crippen LogP contribution in [0.4, 0.5) is 5.69 Å². The van der Waals surface area contributed by atoms with Gasteiger partial charge in [-0.25, -0.2) is 0 Å². The number of carbonyl (C=O) groups excluding carboxylic acids is 1. The molecule has 0 aliphatic carbocycles. The van der Waals surface area contributed by atoms with E-state index in [1.165, 1.54) is 6.42 Å². The summed E-state index contributed by atoms with van der Waals surface area (Å²) < 4.78 is 0. The zero-order valence-corrected chi connectivity index (χ0v) is 12.4. The molecule has 104 valence electrons. The van der Waals surface area contributed by atoms with Crippen molar-refractivity contribution in [3.63, 3.8) is 0 Å². The third-order valence-electron chi connectivity index (χ3n) is 3.99.